The average molecular weight is 311 g/mol. The Morgan fingerprint density at radius 3 is 1.83 bits per heavy atom. The highest BCUT2D eigenvalue weighted by Crippen LogP contribution is 2.39. The fourth-order valence-corrected chi connectivity index (χ4v) is 2.56. The van der Waals surface area contributed by atoms with Crippen molar-refractivity contribution in [1.29, 1.82) is 0 Å². The van der Waals surface area contributed by atoms with Crippen molar-refractivity contribution in [2.75, 3.05) is 0 Å². The molecule has 0 atom stereocenters. The Bertz CT molecular complexity index is 623. The summed E-state index contributed by atoms with van der Waals surface area (Å²) < 4.78 is 5.87. The number of phenols is 1. The lowest BCUT2D eigenvalue weighted by Crippen LogP contribution is -2.18. The van der Waals surface area contributed by atoms with Crippen LogP contribution in [0.4, 0.5) is 0 Å². The molecule has 0 aromatic heterocycles. The summed E-state index contributed by atoms with van der Waals surface area (Å²) >= 11 is 0. The molecule has 23 heavy (non-hydrogen) atoms. The van der Waals surface area contributed by atoms with E-state index in [1.807, 2.05) is 24.3 Å². The molecule has 0 aliphatic rings. The van der Waals surface area contributed by atoms with E-state index in [4.69, 9.17) is 4.74 Å². The molecule has 123 valence electrons. The van der Waals surface area contributed by atoms with Gasteiger partial charge < -0.3 is 9.84 Å². The first-order chi connectivity index (χ1) is 10.6. The van der Waals surface area contributed by atoms with E-state index in [1.54, 1.807) is 0 Å². The van der Waals surface area contributed by atoms with Gasteiger partial charge in [0, 0.05) is 0 Å². The van der Waals surface area contributed by atoms with Gasteiger partial charge in [-0.1, -0.05) is 53.7 Å². The fourth-order valence-electron chi connectivity index (χ4n) is 2.56. The lowest BCUT2D eigenvalue weighted by atomic mass is 9.78. The lowest BCUT2D eigenvalue weighted by Gasteiger charge is -2.28. The molecule has 0 aliphatic heterocycles. The molecule has 0 aliphatic carbocycles. The van der Waals surface area contributed by atoms with Gasteiger partial charge >= 0.3 is 0 Å². The Hall–Kier alpha value is -1.96. The third kappa shape index (κ3) is 4.28. The molecule has 0 spiro atoms. The monoisotopic (exact) mass is 311 g/mol. The molecule has 1 N–H and O–H groups in total. The van der Waals surface area contributed by atoms with Crippen LogP contribution in [0.5, 0.6) is 11.5 Å². The Labute approximate surface area is 140 Å². The number of aromatic hydroxyl groups is 1. The van der Waals surface area contributed by atoms with E-state index in [-0.39, 0.29) is 10.8 Å². The molecule has 2 aromatic carbocycles. The number of benzene rings is 2. The largest absolute Gasteiger partial charge is 0.507 e. The van der Waals surface area contributed by atoms with Gasteiger partial charge in [0.15, 0.2) is 0 Å². The van der Waals surface area contributed by atoms with Crippen LogP contribution in [0.3, 0.4) is 0 Å². The lowest BCUT2D eigenvalue weighted by molar-refractivity contribution is 0.305. The molecular weight excluding hydrogens is 284 g/mol. The van der Waals surface area contributed by atoms with Crippen LogP contribution in [-0.4, -0.2) is 5.11 Å². The number of hydrogen-bond acceptors (Lipinski definition) is 2. The Balaban J connectivity index is 2.40. The minimum Gasteiger partial charge on any atom is -0.507 e. The van der Waals surface area contributed by atoms with Crippen LogP contribution in [0, 0.1) is 6.07 Å². The maximum Gasteiger partial charge on any atom is 0.123 e. The van der Waals surface area contributed by atoms with Crippen molar-refractivity contribution in [2.45, 2.75) is 59.0 Å². The zero-order valence-electron chi connectivity index (χ0n) is 15.0. The van der Waals surface area contributed by atoms with Crippen LogP contribution >= 0.6 is 0 Å². The van der Waals surface area contributed by atoms with Gasteiger partial charge in [-0.2, -0.15) is 0 Å². The third-order valence-corrected chi connectivity index (χ3v) is 3.88. The van der Waals surface area contributed by atoms with Crippen LogP contribution in [0.25, 0.3) is 0 Å². The molecule has 0 heterocycles. The summed E-state index contributed by atoms with van der Waals surface area (Å²) in [7, 11) is 0. The smallest absolute Gasteiger partial charge is 0.123 e. The van der Waals surface area contributed by atoms with Gasteiger partial charge in [0.1, 0.15) is 18.1 Å². The number of rotatable bonds is 3. The van der Waals surface area contributed by atoms with E-state index in [1.165, 1.54) is 0 Å². The van der Waals surface area contributed by atoms with Crippen molar-refractivity contribution in [3.05, 3.63) is 59.2 Å². The summed E-state index contributed by atoms with van der Waals surface area (Å²) in [5.74, 6) is 1.23. The second-order valence-electron chi connectivity index (χ2n) is 8.06. The molecule has 1 radical (unpaired) electrons. The maximum absolute atomic E-state index is 10.7. The Kier molecular flexibility index (Phi) is 4.74. The first-order valence-corrected chi connectivity index (χ1v) is 8.05. The molecule has 2 rings (SSSR count). The van der Waals surface area contributed by atoms with Gasteiger partial charge in [0.2, 0.25) is 0 Å². The molecule has 0 amide bonds. The van der Waals surface area contributed by atoms with Gasteiger partial charge in [0.25, 0.3) is 0 Å². The first-order valence-electron chi connectivity index (χ1n) is 8.05. The summed E-state index contributed by atoms with van der Waals surface area (Å²) in [4.78, 5) is 0. The van der Waals surface area contributed by atoms with Gasteiger partial charge in [-0.3, -0.25) is 0 Å². The van der Waals surface area contributed by atoms with Crippen LogP contribution in [-0.2, 0) is 17.4 Å². The van der Waals surface area contributed by atoms with Crippen LogP contribution in [0.2, 0.25) is 0 Å². The van der Waals surface area contributed by atoms with Gasteiger partial charge in [-0.05, 0) is 57.9 Å². The van der Waals surface area contributed by atoms with Crippen molar-refractivity contribution in [1.82, 2.24) is 0 Å². The molecule has 2 aromatic rings. The van der Waals surface area contributed by atoms with E-state index in [2.05, 4.69) is 59.7 Å². The summed E-state index contributed by atoms with van der Waals surface area (Å²) in [6.45, 7) is 13.2. The van der Waals surface area contributed by atoms with E-state index >= 15 is 0 Å². The second-order valence-corrected chi connectivity index (χ2v) is 8.06. The first kappa shape index (κ1) is 17.4. The molecule has 0 saturated carbocycles. The fraction of sp³-hybridized carbons (Fsp3) is 0.429. The predicted octanol–water partition coefficient (Wildman–Crippen LogP) is 5.37. The molecule has 0 saturated heterocycles. The Morgan fingerprint density at radius 1 is 0.913 bits per heavy atom. The number of ether oxygens (including phenoxy) is 1. The zero-order chi connectivity index (χ0) is 17.3. The zero-order valence-corrected chi connectivity index (χ0v) is 15.0. The highest BCUT2D eigenvalue weighted by atomic mass is 16.5. The summed E-state index contributed by atoms with van der Waals surface area (Å²) in [6.07, 6.45) is 0. The number of phenolic OH excluding ortho intramolecular Hbond substituents is 1. The van der Waals surface area contributed by atoms with Crippen molar-refractivity contribution in [2.24, 2.45) is 0 Å². The summed E-state index contributed by atoms with van der Waals surface area (Å²) in [6, 6.07) is 14.6. The molecule has 2 heteroatoms. The van der Waals surface area contributed by atoms with E-state index in [0.717, 1.165) is 22.4 Å². The SMILES string of the molecule is CC(C)(C)c1cc(COc2cc[c]cc2)cc(C(C)(C)C)c1O. The van der Waals surface area contributed by atoms with Crippen molar-refractivity contribution >= 4 is 0 Å². The molecule has 0 unspecified atom stereocenters. The topological polar surface area (TPSA) is 29.5 Å². The van der Waals surface area contributed by atoms with Crippen molar-refractivity contribution < 1.29 is 9.84 Å². The molecule has 0 bridgehead atoms. The minimum atomic E-state index is -0.123. The Morgan fingerprint density at radius 2 is 1.39 bits per heavy atom. The van der Waals surface area contributed by atoms with Crippen LogP contribution in [0.15, 0.2) is 36.4 Å². The molecule has 2 nitrogen and oxygen atoms in total. The summed E-state index contributed by atoms with van der Waals surface area (Å²) in [5.41, 5.74) is 2.75. The maximum atomic E-state index is 10.7. The van der Waals surface area contributed by atoms with Gasteiger partial charge in [-0.25, -0.2) is 0 Å². The average Bonchev–Trinajstić information content (AvgIpc) is 2.44. The van der Waals surface area contributed by atoms with Gasteiger partial charge in [0.05, 0.1) is 0 Å². The molecule has 0 fully saturated rings. The quantitative estimate of drug-likeness (QED) is 0.826. The predicted molar refractivity (Wildman–Crippen MR) is 95.1 cm³/mol. The van der Waals surface area contributed by atoms with Crippen molar-refractivity contribution in [3.8, 4) is 11.5 Å². The van der Waals surface area contributed by atoms with Gasteiger partial charge in [-0.15, -0.1) is 0 Å². The van der Waals surface area contributed by atoms with E-state index in [0.29, 0.717) is 12.4 Å². The van der Waals surface area contributed by atoms with Crippen LogP contribution < -0.4 is 4.74 Å². The normalized spacial score (nSPS) is 12.3. The third-order valence-electron chi connectivity index (χ3n) is 3.88. The van der Waals surface area contributed by atoms with Crippen LogP contribution in [0.1, 0.15) is 58.2 Å². The van der Waals surface area contributed by atoms with E-state index in [9.17, 15) is 5.11 Å². The van der Waals surface area contributed by atoms with Crippen molar-refractivity contribution in [3.63, 3.8) is 0 Å². The second kappa shape index (κ2) is 6.27. The molecular formula is C21H27O2. The standard InChI is InChI=1S/C21H27O2/c1-20(2,3)17-12-15(13-18(19(17)22)21(4,5)6)14-23-16-10-8-7-9-11-16/h8-13,22H,14H2,1-6H3. The summed E-state index contributed by atoms with van der Waals surface area (Å²) in [5, 5.41) is 10.7. The minimum absolute atomic E-state index is 0.123. The highest BCUT2D eigenvalue weighted by Gasteiger charge is 2.26. The van der Waals surface area contributed by atoms with E-state index < -0.39 is 0 Å². The number of hydrogen-bond donors (Lipinski definition) is 1. The highest BCUT2D eigenvalue weighted by molar-refractivity contribution is 5.49.